The van der Waals surface area contributed by atoms with Crippen molar-refractivity contribution in [1.29, 1.82) is 0 Å². The summed E-state index contributed by atoms with van der Waals surface area (Å²) >= 11 is 0. The minimum absolute atomic E-state index is 0.109. The second-order valence-corrected chi connectivity index (χ2v) is 7.04. The number of aromatic carboxylic acids is 1. The molecule has 1 aromatic heterocycles. The molecule has 0 spiro atoms. The van der Waals surface area contributed by atoms with Crippen molar-refractivity contribution in [3.63, 3.8) is 0 Å². The molecule has 0 saturated carbocycles. The Morgan fingerprint density at radius 2 is 1.76 bits per heavy atom. The van der Waals surface area contributed by atoms with Crippen LogP contribution in [0.25, 0.3) is 11.1 Å². The van der Waals surface area contributed by atoms with Crippen molar-refractivity contribution in [2.45, 2.75) is 39.3 Å². The number of alkyl halides is 3. The minimum Gasteiger partial charge on any atom is -0.477 e. The van der Waals surface area contributed by atoms with E-state index in [2.05, 4.69) is 4.74 Å². The topological polar surface area (TPSA) is 94.8 Å². The molecule has 156 valence electrons. The van der Waals surface area contributed by atoms with Crippen molar-refractivity contribution in [1.82, 2.24) is 4.57 Å². The summed E-state index contributed by atoms with van der Waals surface area (Å²) in [6.07, 6.45) is -3.73. The lowest BCUT2D eigenvalue weighted by molar-refractivity contribution is -0.274. The Balaban J connectivity index is 2.49. The Bertz CT molecular complexity index is 989. The van der Waals surface area contributed by atoms with Gasteiger partial charge in [0.05, 0.1) is 0 Å². The number of carbonyl (C=O) groups is 2. The summed E-state index contributed by atoms with van der Waals surface area (Å²) in [5, 5.41) is 9.29. The van der Waals surface area contributed by atoms with E-state index in [1.165, 1.54) is 18.3 Å². The first kappa shape index (κ1) is 22.0. The molecule has 0 radical (unpaired) electrons. The van der Waals surface area contributed by atoms with Crippen LogP contribution in [0.1, 0.15) is 31.1 Å². The lowest BCUT2D eigenvalue weighted by Gasteiger charge is -2.20. The number of ether oxygens (including phenoxy) is 2. The third-order valence-electron chi connectivity index (χ3n) is 3.44. The number of esters is 1. The molecule has 0 atom stereocenters. The van der Waals surface area contributed by atoms with Crippen molar-refractivity contribution >= 4 is 11.9 Å². The second kappa shape index (κ2) is 7.98. The largest absolute Gasteiger partial charge is 0.573 e. The van der Waals surface area contributed by atoms with Gasteiger partial charge in [-0.1, -0.05) is 12.1 Å². The van der Waals surface area contributed by atoms with Gasteiger partial charge in [-0.25, -0.2) is 4.79 Å². The normalized spacial score (nSPS) is 11.8. The second-order valence-electron chi connectivity index (χ2n) is 7.04. The number of benzene rings is 1. The smallest absolute Gasteiger partial charge is 0.477 e. The quantitative estimate of drug-likeness (QED) is 0.755. The number of hydrogen-bond donors (Lipinski definition) is 1. The molecule has 0 bridgehead atoms. The van der Waals surface area contributed by atoms with Crippen LogP contribution in [0.3, 0.4) is 0 Å². The average molecular weight is 413 g/mol. The molecular weight excluding hydrogens is 395 g/mol. The zero-order valence-corrected chi connectivity index (χ0v) is 15.7. The van der Waals surface area contributed by atoms with Crippen molar-refractivity contribution in [3.8, 4) is 16.9 Å². The van der Waals surface area contributed by atoms with E-state index < -0.39 is 47.3 Å². The van der Waals surface area contributed by atoms with Crippen molar-refractivity contribution in [2.75, 3.05) is 0 Å². The highest BCUT2D eigenvalue weighted by Gasteiger charge is 2.31. The summed E-state index contributed by atoms with van der Waals surface area (Å²) in [6.45, 7) is 4.31. The van der Waals surface area contributed by atoms with E-state index in [-0.39, 0.29) is 11.1 Å². The highest BCUT2D eigenvalue weighted by molar-refractivity contribution is 5.89. The third-order valence-corrected chi connectivity index (χ3v) is 3.44. The van der Waals surface area contributed by atoms with Gasteiger partial charge in [0.1, 0.15) is 23.5 Å². The molecule has 0 unspecified atom stereocenters. The summed E-state index contributed by atoms with van der Waals surface area (Å²) in [6, 6.07) is 5.82. The number of hydrogen-bond acceptors (Lipinski definition) is 5. The number of carbonyl (C=O) groups excluding carboxylic acids is 1. The van der Waals surface area contributed by atoms with Gasteiger partial charge < -0.3 is 19.1 Å². The maximum Gasteiger partial charge on any atom is 0.573 e. The summed E-state index contributed by atoms with van der Waals surface area (Å²) < 4.78 is 47.2. The summed E-state index contributed by atoms with van der Waals surface area (Å²) in [7, 11) is 0. The number of pyridine rings is 1. The number of halogens is 3. The summed E-state index contributed by atoms with van der Waals surface area (Å²) in [5.41, 5.74) is -2.15. The molecule has 1 heterocycles. The molecule has 2 aromatic rings. The predicted molar refractivity (Wildman–Crippen MR) is 95.6 cm³/mol. The van der Waals surface area contributed by atoms with Gasteiger partial charge in [0.2, 0.25) is 0 Å². The molecule has 7 nitrogen and oxygen atoms in total. The molecule has 1 N–H and O–H groups in total. The highest BCUT2D eigenvalue weighted by atomic mass is 19.4. The van der Waals surface area contributed by atoms with Gasteiger partial charge in [0.25, 0.3) is 5.56 Å². The number of aromatic nitrogens is 1. The van der Waals surface area contributed by atoms with Crippen LogP contribution in [0.4, 0.5) is 13.2 Å². The van der Waals surface area contributed by atoms with Crippen molar-refractivity contribution in [2.24, 2.45) is 0 Å². The van der Waals surface area contributed by atoms with Gasteiger partial charge >= 0.3 is 18.3 Å². The van der Waals surface area contributed by atoms with Crippen LogP contribution in [0.2, 0.25) is 0 Å². The molecule has 0 saturated heterocycles. The zero-order chi connectivity index (χ0) is 22.0. The van der Waals surface area contributed by atoms with E-state index in [9.17, 15) is 32.7 Å². The van der Waals surface area contributed by atoms with E-state index in [0.717, 1.165) is 22.8 Å². The first-order chi connectivity index (χ1) is 13.2. The van der Waals surface area contributed by atoms with Gasteiger partial charge in [0, 0.05) is 6.20 Å². The van der Waals surface area contributed by atoms with Crippen LogP contribution >= 0.6 is 0 Å². The highest BCUT2D eigenvalue weighted by Crippen LogP contribution is 2.28. The fourth-order valence-corrected chi connectivity index (χ4v) is 2.45. The van der Waals surface area contributed by atoms with Crippen LogP contribution in [0.5, 0.6) is 5.75 Å². The standard InChI is InChI=1S/C19H18F3NO6/c1-18(2,3)29-15(24)10-23-9-12(8-14(16(23)25)17(26)27)11-5-4-6-13(7-11)28-19(20,21)22/h4-9H,10H2,1-3H3,(H,26,27). The van der Waals surface area contributed by atoms with Crippen LogP contribution in [-0.2, 0) is 16.1 Å². The van der Waals surface area contributed by atoms with E-state index in [1.807, 2.05) is 0 Å². The molecule has 0 aliphatic heterocycles. The van der Waals surface area contributed by atoms with Gasteiger partial charge in [-0.05, 0) is 50.1 Å². The number of nitrogens with zero attached hydrogens (tertiary/aromatic N) is 1. The average Bonchev–Trinajstić information content (AvgIpc) is 2.53. The van der Waals surface area contributed by atoms with Crippen molar-refractivity contribution < 1.29 is 37.3 Å². The molecule has 0 amide bonds. The zero-order valence-electron chi connectivity index (χ0n) is 15.7. The van der Waals surface area contributed by atoms with Crippen LogP contribution in [0.15, 0.2) is 41.3 Å². The van der Waals surface area contributed by atoms with Gasteiger partial charge in [-0.15, -0.1) is 13.2 Å². The van der Waals surface area contributed by atoms with Crippen LogP contribution < -0.4 is 10.3 Å². The Kier molecular flexibility index (Phi) is 6.05. The van der Waals surface area contributed by atoms with E-state index in [1.54, 1.807) is 20.8 Å². The minimum atomic E-state index is -4.90. The van der Waals surface area contributed by atoms with E-state index in [0.29, 0.717) is 0 Å². The molecule has 1 aromatic carbocycles. The predicted octanol–water partition coefficient (Wildman–Crippen LogP) is 3.45. The Morgan fingerprint density at radius 3 is 2.31 bits per heavy atom. The van der Waals surface area contributed by atoms with Gasteiger partial charge in [-0.3, -0.25) is 9.59 Å². The molecule has 29 heavy (non-hydrogen) atoms. The van der Waals surface area contributed by atoms with Gasteiger partial charge in [0.15, 0.2) is 0 Å². The molecule has 10 heteroatoms. The van der Waals surface area contributed by atoms with Crippen molar-refractivity contribution in [3.05, 3.63) is 52.4 Å². The third kappa shape index (κ3) is 6.37. The van der Waals surface area contributed by atoms with E-state index >= 15 is 0 Å². The molecule has 0 aliphatic rings. The fraction of sp³-hybridized carbons (Fsp3) is 0.316. The molecule has 0 fully saturated rings. The fourth-order valence-electron chi connectivity index (χ4n) is 2.45. The number of rotatable bonds is 5. The monoisotopic (exact) mass is 413 g/mol. The molecule has 0 aliphatic carbocycles. The summed E-state index contributed by atoms with van der Waals surface area (Å²) in [4.78, 5) is 35.8. The van der Waals surface area contributed by atoms with Crippen LogP contribution in [-0.4, -0.2) is 33.6 Å². The lowest BCUT2D eigenvalue weighted by Crippen LogP contribution is -2.32. The Hall–Kier alpha value is -3.30. The summed E-state index contributed by atoms with van der Waals surface area (Å²) in [5.74, 6) is -2.84. The lowest BCUT2D eigenvalue weighted by atomic mass is 10.1. The maximum atomic E-state index is 12.4. The van der Waals surface area contributed by atoms with Crippen LogP contribution in [0, 0.1) is 0 Å². The number of carboxylic acid groups (broad SMARTS) is 1. The SMILES string of the molecule is CC(C)(C)OC(=O)Cn1cc(-c2cccc(OC(F)(F)F)c2)cc(C(=O)O)c1=O. The van der Waals surface area contributed by atoms with E-state index in [4.69, 9.17) is 4.74 Å². The molecule has 2 rings (SSSR count). The Labute approximate surface area is 163 Å². The maximum absolute atomic E-state index is 12.4. The first-order valence-corrected chi connectivity index (χ1v) is 8.31. The Morgan fingerprint density at radius 1 is 1.10 bits per heavy atom. The van der Waals surface area contributed by atoms with Gasteiger partial charge in [-0.2, -0.15) is 0 Å². The first-order valence-electron chi connectivity index (χ1n) is 8.31. The molecular formula is C19H18F3NO6. The number of carboxylic acids is 1.